The van der Waals surface area contributed by atoms with Gasteiger partial charge in [0.1, 0.15) is 18.6 Å². The molecule has 0 aliphatic carbocycles. The molecule has 0 N–H and O–H groups in total. The topological polar surface area (TPSA) is 0 Å². The molecule has 4 aliphatic heterocycles. The summed E-state index contributed by atoms with van der Waals surface area (Å²) in [5.41, 5.74) is 0. The average Bonchev–Trinajstić information content (AvgIpc) is 2.72. The molecule has 0 aromatic heterocycles. The summed E-state index contributed by atoms with van der Waals surface area (Å²) in [4.78, 5) is 0. The van der Waals surface area contributed by atoms with Crippen LogP contribution in [0.15, 0.2) is 91.5 Å². The Morgan fingerprint density at radius 1 is 0.500 bits per heavy atom. The van der Waals surface area contributed by atoms with Gasteiger partial charge in [-0.05, 0) is 24.3 Å². The van der Waals surface area contributed by atoms with E-state index in [0.717, 1.165) is 23.0 Å². The van der Waals surface area contributed by atoms with Gasteiger partial charge in [0.2, 0.25) is 0 Å². The van der Waals surface area contributed by atoms with Crippen molar-refractivity contribution in [2.24, 2.45) is 0 Å². The Bertz CT molecular complexity index is 650. The molecule has 0 nitrogen and oxygen atoms in total. The molecule has 6 heteroatoms. The zero-order valence-electron chi connectivity index (χ0n) is 14.2. The molecule has 0 bridgehead atoms. The number of thioether (sulfide) groups is 4. The van der Waals surface area contributed by atoms with Crippen LogP contribution in [0.1, 0.15) is 0 Å². The smallest absolute Gasteiger partial charge is 0.0832 e. The Morgan fingerprint density at radius 3 is 0.962 bits per heavy atom. The maximum absolute atomic E-state index is 2.39. The van der Waals surface area contributed by atoms with Crippen LogP contribution in [0.2, 0.25) is 0 Å². The predicted octanol–water partition coefficient (Wildman–Crippen LogP) is 7.58. The van der Waals surface area contributed by atoms with E-state index < -0.39 is 7.26 Å². The summed E-state index contributed by atoms with van der Waals surface area (Å²) in [6, 6.07) is 0. The number of hydrogen-bond donors (Lipinski definition) is 0. The maximum Gasteiger partial charge on any atom is 0.171 e. The van der Waals surface area contributed by atoms with Crippen molar-refractivity contribution in [3.63, 3.8) is 0 Å². The second-order valence-corrected chi connectivity index (χ2v) is 14.4. The molecule has 4 aliphatic rings. The third-order valence-electron chi connectivity index (χ3n) is 4.13. The van der Waals surface area contributed by atoms with E-state index in [0.29, 0.717) is 0 Å². The maximum atomic E-state index is 2.39. The first-order valence-electron chi connectivity index (χ1n) is 8.32. The van der Waals surface area contributed by atoms with Crippen LogP contribution < -0.4 is 0 Å². The average molecular weight is 526 g/mol. The standard InChI is InChI=1S/C20H20PS4.Pd/c1-5-13-22-17(9-1)21(18-10-2-6-14-23-18,19-11-3-7-15-24-19)20-12-4-8-16-25-20;/h1-12H,13-16H2;/q+1;. The van der Waals surface area contributed by atoms with Gasteiger partial charge >= 0.3 is 0 Å². The zero-order chi connectivity index (χ0) is 17.0. The van der Waals surface area contributed by atoms with Crippen molar-refractivity contribution in [3.05, 3.63) is 91.5 Å². The van der Waals surface area contributed by atoms with Crippen molar-refractivity contribution in [2.45, 2.75) is 0 Å². The molecule has 0 unspecified atom stereocenters. The molecule has 0 radical (unpaired) electrons. The first kappa shape index (κ1) is 21.1. The van der Waals surface area contributed by atoms with Crippen LogP contribution in [0.25, 0.3) is 0 Å². The fourth-order valence-electron chi connectivity index (χ4n) is 3.04. The van der Waals surface area contributed by atoms with Gasteiger partial charge in [0.25, 0.3) is 0 Å². The van der Waals surface area contributed by atoms with Crippen molar-refractivity contribution >= 4 is 54.3 Å². The van der Waals surface area contributed by atoms with E-state index in [2.05, 4.69) is 72.9 Å². The Morgan fingerprint density at radius 2 is 0.769 bits per heavy atom. The first-order valence-corrected chi connectivity index (χ1v) is 14.1. The van der Waals surface area contributed by atoms with Crippen LogP contribution in [0.4, 0.5) is 0 Å². The zero-order valence-corrected chi connectivity index (χ0v) is 19.9. The van der Waals surface area contributed by atoms with E-state index in [-0.39, 0.29) is 20.4 Å². The quantitative estimate of drug-likeness (QED) is 0.274. The van der Waals surface area contributed by atoms with E-state index in [4.69, 9.17) is 0 Å². The van der Waals surface area contributed by atoms with E-state index >= 15 is 0 Å². The minimum atomic E-state index is -1.71. The molecule has 4 heterocycles. The van der Waals surface area contributed by atoms with Gasteiger partial charge < -0.3 is 0 Å². The van der Waals surface area contributed by atoms with Crippen LogP contribution in [0, 0.1) is 0 Å². The van der Waals surface area contributed by atoms with Gasteiger partial charge in [-0.3, -0.25) is 0 Å². The molecule has 0 atom stereocenters. The predicted molar refractivity (Wildman–Crippen MR) is 126 cm³/mol. The number of rotatable bonds is 4. The summed E-state index contributed by atoms with van der Waals surface area (Å²) in [5.74, 6) is 4.35. The van der Waals surface area contributed by atoms with E-state index in [1.807, 2.05) is 47.0 Å². The van der Waals surface area contributed by atoms with Crippen LogP contribution in [0.3, 0.4) is 0 Å². The molecular formula is C20H20PPdS4+. The van der Waals surface area contributed by atoms with Gasteiger partial charge in [-0.2, -0.15) is 0 Å². The fraction of sp³-hybridized carbons (Fsp3) is 0.200. The third kappa shape index (κ3) is 4.20. The first-order chi connectivity index (χ1) is 12.4. The van der Waals surface area contributed by atoms with Crippen molar-refractivity contribution in [2.75, 3.05) is 23.0 Å². The van der Waals surface area contributed by atoms with Crippen LogP contribution in [0.5, 0.6) is 0 Å². The van der Waals surface area contributed by atoms with E-state index in [1.165, 1.54) is 0 Å². The van der Waals surface area contributed by atoms with Gasteiger partial charge in [-0.1, -0.05) is 95.7 Å². The van der Waals surface area contributed by atoms with Gasteiger partial charge in [-0.25, -0.2) is 0 Å². The molecule has 0 saturated carbocycles. The minimum Gasteiger partial charge on any atom is -0.0832 e. The normalized spacial score (nSPS) is 22.2. The number of hydrogen-bond acceptors (Lipinski definition) is 4. The molecule has 0 amide bonds. The molecule has 0 saturated heterocycles. The molecule has 26 heavy (non-hydrogen) atoms. The summed E-state index contributed by atoms with van der Waals surface area (Å²) in [6.45, 7) is 0. The fourth-order valence-corrected chi connectivity index (χ4v) is 16.4. The van der Waals surface area contributed by atoms with Gasteiger partial charge in [0.15, 0.2) is 7.26 Å². The van der Waals surface area contributed by atoms with Gasteiger partial charge in [0.05, 0.1) is 0 Å². The van der Waals surface area contributed by atoms with Crippen molar-refractivity contribution in [1.82, 2.24) is 0 Å². The molecule has 0 fully saturated rings. The molecule has 0 spiro atoms. The van der Waals surface area contributed by atoms with Crippen molar-refractivity contribution < 1.29 is 20.4 Å². The van der Waals surface area contributed by atoms with Crippen molar-refractivity contribution in [3.8, 4) is 0 Å². The summed E-state index contributed by atoms with van der Waals surface area (Å²) in [5, 5.41) is 0. The monoisotopic (exact) mass is 525 g/mol. The van der Waals surface area contributed by atoms with Crippen LogP contribution in [-0.4, -0.2) is 23.0 Å². The summed E-state index contributed by atoms with van der Waals surface area (Å²) in [6.07, 6.45) is 27.7. The minimum absolute atomic E-state index is 0. The molecule has 0 aromatic rings. The van der Waals surface area contributed by atoms with Crippen LogP contribution >= 0.6 is 54.3 Å². The summed E-state index contributed by atoms with van der Waals surface area (Å²) in [7, 11) is -1.71. The van der Waals surface area contributed by atoms with Crippen LogP contribution in [-0.2, 0) is 20.4 Å². The largest absolute Gasteiger partial charge is 0.171 e. The summed E-state index contributed by atoms with van der Waals surface area (Å²) < 4.78 is 6.30. The second-order valence-electron chi connectivity index (χ2n) is 5.65. The molecule has 138 valence electrons. The number of allylic oxidation sites excluding steroid dienone is 8. The summed E-state index contributed by atoms with van der Waals surface area (Å²) >= 11 is 8.16. The van der Waals surface area contributed by atoms with E-state index in [1.54, 1.807) is 18.6 Å². The molecular weight excluding hydrogens is 506 g/mol. The SMILES string of the molecule is C1=CCSC([P+](C2=CC=CCS2)(C2=CC=CCS2)C2=CC=CCS2)=C1.[Pd]. The Labute approximate surface area is 187 Å². The molecule has 0 aromatic carbocycles. The Hall–Kier alpha value is 0.412. The van der Waals surface area contributed by atoms with E-state index in [9.17, 15) is 0 Å². The van der Waals surface area contributed by atoms with Gasteiger partial charge in [-0.15, -0.1) is 0 Å². The van der Waals surface area contributed by atoms with Crippen molar-refractivity contribution in [1.29, 1.82) is 0 Å². The third-order valence-corrected chi connectivity index (χ3v) is 15.4. The second kappa shape index (κ2) is 10.3. The van der Waals surface area contributed by atoms with Gasteiger partial charge in [0, 0.05) is 43.4 Å². The molecule has 4 rings (SSSR count). The Kier molecular flexibility index (Phi) is 8.34. The Balaban J connectivity index is 0.00000196.